The molecule has 1 amide bonds. The maximum atomic E-state index is 13.2. The average molecular weight is 330 g/mol. The zero-order valence-corrected chi connectivity index (χ0v) is 14.1. The Hall–Kier alpha value is -2.17. The third-order valence-corrected chi connectivity index (χ3v) is 4.94. The summed E-state index contributed by atoms with van der Waals surface area (Å²) in [6.45, 7) is 3.66. The summed E-state index contributed by atoms with van der Waals surface area (Å²) in [6.07, 6.45) is 4.80. The average Bonchev–Trinajstić information content (AvgIpc) is 3.19. The van der Waals surface area contributed by atoms with E-state index in [9.17, 15) is 9.18 Å². The van der Waals surface area contributed by atoms with Gasteiger partial charge in [-0.25, -0.2) is 4.39 Å². The molecule has 5 heteroatoms. The Kier molecular flexibility index (Phi) is 4.97. The molecule has 1 heterocycles. The van der Waals surface area contributed by atoms with Crippen LogP contribution in [-0.2, 0) is 11.2 Å². The van der Waals surface area contributed by atoms with Crippen molar-refractivity contribution < 1.29 is 13.7 Å². The van der Waals surface area contributed by atoms with Gasteiger partial charge in [-0.1, -0.05) is 30.1 Å². The van der Waals surface area contributed by atoms with Crippen LogP contribution >= 0.6 is 0 Å². The standard InChI is InChI=1S/C19H23FN2O2/c1-12-17(13(2)24-22-12)11-18(23)21-19(14-5-3-4-6-14)15-7-9-16(20)10-8-15/h7-10,14,19H,3-6,11H2,1-2H3,(H,21,23)/t19-/m0/s1. The Morgan fingerprint density at radius 1 is 1.29 bits per heavy atom. The highest BCUT2D eigenvalue weighted by Crippen LogP contribution is 2.35. The fourth-order valence-electron chi connectivity index (χ4n) is 3.57. The normalized spacial score (nSPS) is 16.3. The number of hydrogen-bond donors (Lipinski definition) is 1. The first-order valence-corrected chi connectivity index (χ1v) is 8.51. The fourth-order valence-corrected chi connectivity index (χ4v) is 3.57. The van der Waals surface area contributed by atoms with Crippen molar-refractivity contribution in [3.8, 4) is 0 Å². The number of rotatable bonds is 5. The quantitative estimate of drug-likeness (QED) is 0.901. The van der Waals surface area contributed by atoms with Gasteiger partial charge in [0.25, 0.3) is 0 Å². The zero-order valence-electron chi connectivity index (χ0n) is 14.1. The molecule has 0 spiro atoms. The molecule has 1 fully saturated rings. The number of carbonyl (C=O) groups excluding carboxylic acids is 1. The van der Waals surface area contributed by atoms with Crippen molar-refractivity contribution in [1.29, 1.82) is 0 Å². The molecule has 1 aliphatic carbocycles. The molecule has 1 N–H and O–H groups in total. The van der Waals surface area contributed by atoms with E-state index in [1.807, 2.05) is 13.8 Å². The summed E-state index contributed by atoms with van der Waals surface area (Å²) in [6, 6.07) is 6.39. The van der Waals surface area contributed by atoms with Gasteiger partial charge >= 0.3 is 0 Å². The summed E-state index contributed by atoms with van der Waals surface area (Å²) in [5.41, 5.74) is 2.56. The topological polar surface area (TPSA) is 55.1 Å². The molecule has 128 valence electrons. The minimum Gasteiger partial charge on any atom is -0.361 e. The monoisotopic (exact) mass is 330 g/mol. The van der Waals surface area contributed by atoms with Crippen molar-refractivity contribution in [2.24, 2.45) is 5.92 Å². The predicted molar refractivity (Wildman–Crippen MR) is 88.9 cm³/mol. The number of benzene rings is 1. The maximum absolute atomic E-state index is 13.2. The van der Waals surface area contributed by atoms with Crippen molar-refractivity contribution in [3.05, 3.63) is 52.7 Å². The zero-order chi connectivity index (χ0) is 17.1. The highest BCUT2D eigenvalue weighted by Gasteiger charge is 2.28. The van der Waals surface area contributed by atoms with Crippen LogP contribution in [0.1, 0.15) is 54.3 Å². The van der Waals surface area contributed by atoms with Crippen molar-refractivity contribution >= 4 is 5.91 Å². The summed E-state index contributed by atoms with van der Waals surface area (Å²) in [5, 5.41) is 7.05. The van der Waals surface area contributed by atoms with E-state index < -0.39 is 0 Å². The SMILES string of the molecule is Cc1noc(C)c1CC(=O)N[C@H](c1ccc(F)cc1)C1CCCC1. The van der Waals surface area contributed by atoms with E-state index in [2.05, 4.69) is 10.5 Å². The molecule has 0 bridgehead atoms. The number of halogens is 1. The molecule has 3 rings (SSSR count). The van der Waals surface area contributed by atoms with Crippen LogP contribution in [0.2, 0.25) is 0 Å². The molecule has 0 saturated heterocycles. The van der Waals surface area contributed by atoms with E-state index in [-0.39, 0.29) is 24.2 Å². The molecular weight excluding hydrogens is 307 g/mol. The van der Waals surface area contributed by atoms with Gasteiger partial charge in [-0.2, -0.15) is 0 Å². The Morgan fingerprint density at radius 3 is 2.54 bits per heavy atom. The Balaban J connectivity index is 1.76. The van der Waals surface area contributed by atoms with Gasteiger partial charge in [0.05, 0.1) is 18.2 Å². The Bertz CT molecular complexity index is 683. The predicted octanol–water partition coefficient (Wildman–Crippen LogP) is 4.02. The third kappa shape index (κ3) is 3.66. The van der Waals surface area contributed by atoms with Crippen molar-refractivity contribution in [2.45, 2.75) is 52.0 Å². The lowest BCUT2D eigenvalue weighted by Crippen LogP contribution is -2.34. The molecule has 0 aliphatic heterocycles. The van der Waals surface area contributed by atoms with E-state index in [0.29, 0.717) is 11.7 Å². The van der Waals surface area contributed by atoms with Gasteiger partial charge in [0.15, 0.2) is 0 Å². The lowest BCUT2D eigenvalue weighted by atomic mass is 9.91. The molecule has 2 aromatic rings. The summed E-state index contributed by atoms with van der Waals surface area (Å²) in [5.74, 6) is 0.780. The molecule has 1 saturated carbocycles. The van der Waals surface area contributed by atoms with Gasteiger partial charge in [0, 0.05) is 5.56 Å². The molecule has 4 nitrogen and oxygen atoms in total. The minimum absolute atomic E-state index is 0.0503. The van der Waals surface area contributed by atoms with Gasteiger partial charge < -0.3 is 9.84 Å². The van der Waals surface area contributed by atoms with Crippen molar-refractivity contribution in [1.82, 2.24) is 10.5 Å². The van der Waals surface area contributed by atoms with Crippen LogP contribution in [0, 0.1) is 25.6 Å². The molecule has 0 radical (unpaired) electrons. The van der Waals surface area contributed by atoms with Gasteiger partial charge in [-0.3, -0.25) is 4.79 Å². The van der Waals surface area contributed by atoms with Crippen LogP contribution < -0.4 is 5.32 Å². The summed E-state index contributed by atoms with van der Waals surface area (Å²) in [7, 11) is 0. The third-order valence-electron chi connectivity index (χ3n) is 4.94. The second kappa shape index (κ2) is 7.16. The number of aromatic nitrogens is 1. The molecule has 1 aromatic heterocycles. The minimum atomic E-state index is -0.258. The molecule has 1 aromatic carbocycles. The lowest BCUT2D eigenvalue weighted by molar-refractivity contribution is -0.121. The number of nitrogens with zero attached hydrogens (tertiary/aromatic N) is 1. The maximum Gasteiger partial charge on any atom is 0.225 e. The number of nitrogens with one attached hydrogen (secondary N) is 1. The lowest BCUT2D eigenvalue weighted by Gasteiger charge is -2.25. The van der Waals surface area contributed by atoms with Crippen LogP contribution in [0.3, 0.4) is 0 Å². The number of carbonyl (C=O) groups is 1. The number of hydrogen-bond acceptors (Lipinski definition) is 3. The van der Waals surface area contributed by atoms with Gasteiger partial charge in [0.2, 0.25) is 5.91 Å². The van der Waals surface area contributed by atoms with E-state index >= 15 is 0 Å². The fraction of sp³-hybridized carbons (Fsp3) is 0.474. The largest absolute Gasteiger partial charge is 0.361 e. The molecule has 24 heavy (non-hydrogen) atoms. The Morgan fingerprint density at radius 2 is 1.96 bits per heavy atom. The summed E-state index contributed by atoms with van der Waals surface area (Å²) < 4.78 is 18.4. The second-order valence-corrected chi connectivity index (χ2v) is 6.62. The summed E-state index contributed by atoms with van der Waals surface area (Å²) in [4.78, 5) is 12.6. The first kappa shape index (κ1) is 16.7. The van der Waals surface area contributed by atoms with Crippen LogP contribution in [0.15, 0.2) is 28.8 Å². The van der Waals surface area contributed by atoms with E-state index in [0.717, 1.165) is 29.7 Å². The molecular formula is C19H23FN2O2. The molecule has 1 atom stereocenters. The van der Waals surface area contributed by atoms with E-state index in [1.165, 1.54) is 25.0 Å². The van der Waals surface area contributed by atoms with Crippen molar-refractivity contribution in [2.75, 3.05) is 0 Å². The number of aryl methyl sites for hydroxylation is 2. The van der Waals surface area contributed by atoms with E-state index in [4.69, 9.17) is 4.52 Å². The Labute approximate surface area is 141 Å². The van der Waals surface area contributed by atoms with Crippen LogP contribution in [-0.4, -0.2) is 11.1 Å². The molecule has 1 aliphatic rings. The van der Waals surface area contributed by atoms with Gasteiger partial charge in [0.1, 0.15) is 11.6 Å². The first-order valence-electron chi connectivity index (χ1n) is 8.51. The highest BCUT2D eigenvalue weighted by molar-refractivity contribution is 5.79. The van der Waals surface area contributed by atoms with Gasteiger partial charge in [-0.15, -0.1) is 0 Å². The van der Waals surface area contributed by atoms with Crippen LogP contribution in [0.25, 0.3) is 0 Å². The second-order valence-electron chi connectivity index (χ2n) is 6.62. The van der Waals surface area contributed by atoms with Crippen molar-refractivity contribution in [3.63, 3.8) is 0 Å². The smallest absolute Gasteiger partial charge is 0.225 e. The van der Waals surface area contributed by atoms with Gasteiger partial charge in [-0.05, 0) is 50.3 Å². The first-order chi connectivity index (χ1) is 11.5. The van der Waals surface area contributed by atoms with E-state index in [1.54, 1.807) is 12.1 Å². The molecule has 0 unspecified atom stereocenters. The number of amides is 1. The summed E-state index contributed by atoms with van der Waals surface area (Å²) >= 11 is 0. The highest BCUT2D eigenvalue weighted by atomic mass is 19.1. The van der Waals surface area contributed by atoms with Crippen LogP contribution in [0.5, 0.6) is 0 Å². The van der Waals surface area contributed by atoms with Crippen LogP contribution in [0.4, 0.5) is 4.39 Å².